The summed E-state index contributed by atoms with van der Waals surface area (Å²) in [7, 11) is -3.75. The maximum Gasteiger partial charge on any atom is 0.351 e. The van der Waals surface area contributed by atoms with E-state index in [0.717, 1.165) is 12.8 Å². The second-order valence-electron chi connectivity index (χ2n) is 5.95. The van der Waals surface area contributed by atoms with Crippen LogP contribution in [0.15, 0.2) is 28.1 Å². The average molecular weight is 334 g/mol. The molecule has 0 spiro atoms. The Morgan fingerprint density at radius 1 is 1.43 bits per heavy atom. The van der Waals surface area contributed by atoms with Crippen LogP contribution in [-0.2, 0) is 14.8 Å². The van der Waals surface area contributed by atoms with Crippen LogP contribution in [0.1, 0.15) is 19.8 Å². The van der Waals surface area contributed by atoms with Gasteiger partial charge in [0.1, 0.15) is 12.5 Å². The van der Waals surface area contributed by atoms with E-state index in [1.165, 1.54) is 18.2 Å². The first-order valence-corrected chi connectivity index (χ1v) is 8.49. The van der Waals surface area contributed by atoms with E-state index in [9.17, 15) is 18.0 Å². The fourth-order valence-corrected chi connectivity index (χ4v) is 3.92. The lowest BCUT2D eigenvalue weighted by Crippen LogP contribution is -2.46. The summed E-state index contributed by atoms with van der Waals surface area (Å²) in [5.74, 6) is -1.61. The van der Waals surface area contributed by atoms with Crippen LogP contribution in [0.25, 0.3) is 0 Å². The third-order valence-corrected chi connectivity index (χ3v) is 5.63. The summed E-state index contributed by atoms with van der Waals surface area (Å²) in [6.07, 6.45) is 5.48. The van der Waals surface area contributed by atoms with Crippen molar-refractivity contribution in [1.82, 2.24) is 9.62 Å². The monoisotopic (exact) mass is 334 g/mol. The van der Waals surface area contributed by atoms with Gasteiger partial charge in [0.15, 0.2) is 0 Å². The van der Waals surface area contributed by atoms with Crippen LogP contribution in [0.2, 0.25) is 0 Å². The van der Waals surface area contributed by atoms with Crippen molar-refractivity contribution in [2.45, 2.75) is 25.3 Å². The second-order valence-corrected chi connectivity index (χ2v) is 7.63. The molecular formula is C14H14N4O4S. The predicted molar refractivity (Wildman–Crippen MR) is 80.6 cm³/mol. The Bertz CT molecular complexity index is 827. The Kier molecular flexibility index (Phi) is 3.46. The Morgan fingerprint density at radius 2 is 2.13 bits per heavy atom. The van der Waals surface area contributed by atoms with Crippen molar-refractivity contribution in [1.29, 1.82) is 5.26 Å². The van der Waals surface area contributed by atoms with Gasteiger partial charge in [-0.25, -0.2) is 22.8 Å². The number of carbonyl (C=O) groups is 2. The van der Waals surface area contributed by atoms with Gasteiger partial charge < -0.3 is 0 Å². The van der Waals surface area contributed by atoms with Crippen LogP contribution < -0.4 is 4.72 Å². The molecule has 1 heterocycles. The van der Waals surface area contributed by atoms with Crippen LogP contribution >= 0.6 is 0 Å². The van der Waals surface area contributed by atoms with E-state index in [1.54, 1.807) is 6.07 Å². The lowest BCUT2D eigenvalue weighted by molar-refractivity contribution is -0.128. The zero-order valence-corrected chi connectivity index (χ0v) is 13.1. The lowest BCUT2D eigenvalue weighted by atomic mass is 9.95. The zero-order chi connectivity index (χ0) is 16.8. The summed E-state index contributed by atoms with van der Waals surface area (Å²) >= 11 is 0. The SMILES string of the molecule is CC1(NS(=O)(=O)C2=CC3C(=O)N(CC#N)C(=O)N=C3C=C2)CC1. The number of carbonyl (C=O) groups excluding carboxylic acids is 2. The first-order valence-electron chi connectivity index (χ1n) is 7.00. The minimum absolute atomic E-state index is 0.0332. The van der Waals surface area contributed by atoms with E-state index in [4.69, 9.17) is 5.26 Å². The van der Waals surface area contributed by atoms with Gasteiger partial charge in [-0.15, -0.1) is 0 Å². The number of hydrogen-bond acceptors (Lipinski definition) is 5. The van der Waals surface area contributed by atoms with E-state index in [0.29, 0.717) is 4.90 Å². The van der Waals surface area contributed by atoms with E-state index < -0.39 is 40.0 Å². The fourth-order valence-electron chi connectivity index (χ4n) is 2.38. The highest BCUT2D eigenvalue weighted by Gasteiger charge is 2.43. The van der Waals surface area contributed by atoms with Gasteiger partial charge in [-0.2, -0.15) is 10.3 Å². The van der Waals surface area contributed by atoms with E-state index in [-0.39, 0.29) is 10.6 Å². The normalized spacial score (nSPS) is 25.4. The molecule has 0 aromatic heterocycles. The number of nitriles is 1. The van der Waals surface area contributed by atoms with Crippen molar-refractivity contribution in [3.63, 3.8) is 0 Å². The van der Waals surface area contributed by atoms with E-state index in [1.807, 2.05) is 6.92 Å². The predicted octanol–water partition coefficient (Wildman–Crippen LogP) is 0.455. The minimum atomic E-state index is -3.75. The zero-order valence-electron chi connectivity index (χ0n) is 12.3. The molecule has 1 aliphatic heterocycles. The van der Waals surface area contributed by atoms with Gasteiger partial charge in [0, 0.05) is 5.54 Å². The number of hydrogen-bond donors (Lipinski definition) is 1. The number of imide groups is 1. The minimum Gasteiger partial charge on any atom is -0.273 e. The van der Waals surface area contributed by atoms with Gasteiger partial charge in [-0.1, -0.05) is 0 Å². The number of nitrogens with one attached hydrogen (secondary N) is 1. The summed E-state index contributed by atoms with van der Waals surface area (Å²) in [6, 6.07) is 0.911. The number of sulfonamides is 1. The number of aliphatic imine (C=N–C) groups is 1. The van der Waals surface area contributed by atoms with Crippen molar-refractivity contribution in [2.24, 2.45) is 10.9 Å². The maximum absolute atomic E-state index is 12.4. The second kappa shape index (κ2) is 5.11. The number of nitrogens with zero attached hydrogens (tertiary/aromatic N) is 3. The molecule has 3 amide bonds. The smallest absolute Gasteiger partial charge is 0.273 e. The number of urea groups is 1. The third kappa shape index (κ3) is 2.83. The van der Waals surface area contributed by atoms with Crippen LogP contribution in [0.3, 0.4) is 0 Å². The summed E-state index contributed by atoms with van der Waals surface area (Å²) < 4.78 is 27.4. The fraction of sp³-hybridized carbons (Fsp3) is 0.429. The van der Waals surface area contributed by atoms with Gasteiger partial charge in [0.25, 0.3) is 0 Å². The number of rotatable bonds is 4. The summed E-state index contributed by atoms with van der Waals surface area (Å²) in [5, 5.41) is 8.69. The summed E-state index contributed by atoms with van der Waals surface area (Å²) in [5.41, 5.74) is -0.243. The van der Waals surface area contributed by atoms with Crippen molar-refractivity contribution >= 4 is 27.7 Å². The van der Waals surface area contributed by atoms with Crippen LogP contribution in [0.5, 0.6) is 0 Å². The molecular weight excluding hydrogens is 320 g/mol. The van der Waals surface area contributed by atoms with E-state index >= 15 is 0 Å². The molecule has 1 saturated carbocycles. The molecule has 0 saturated heterocycles. The number of allylic oxidation sites excluding steroid dienone is 2. The molecule has 2 aliphatic carbocycles. The molecule has 0 aromatic carbocycles. The van der Waals surface area contributed by atoms with Crippen LogP contribution in [-0.4, -0.2) is 43.1 Å². The molecule has 23 heavy (non-hydrogen) atoms. The number of fused-ring (bicyclic) bond motifs is 1. The molecule has 1 unspecified atom stereocenters. The number of amides is 3. The molecule has 0 bridgehead atoms. The highest BCUT2D eigenvalue weighted by Crippen LogP contribution is 2.36. The molecule has 1 atom stereocenters. The molecule has 1 fully saturated rings. The Labute approximate surface area is 133 Å². The van der Waals surface area contributed by atoms with Gasteiger partial charge in [-0.3, -0.25) is 4.79 Å². The molecule has 0 aromatic rings. The highest BCUT2D eigenvalue weighted by molar-refractivity contribution is 7.93. The standard InChI is InChI=1S/C14H14N4O4S/c1-14(4-5-14)17-23(21,22)9-2-3-11-10(8-9)12(19)18(7-6-15)13(20)16-11/h2-3,8,10,17H,4-5,7H2,1H3. The molecule has 120 valence electrons. The quantitative estimate of drug-likeness (QED) is 0.749. The first kappa shape index (κ1) is 15.6. The van der Waals surface area contributed by atoms with Crippen molar-refractivity contribution in [2.75, 3.05) is 6.54 Å². The first-order chi connectivity index (χ1) is 10.8. The molecule has 0 radical (unpaired) electrons. The summed E-state index contributed by atoms with van der Waals surface area (Å²) in [6.45, 7) is 1.39. The van der Waals surface area contributed by atoms with Crippen molar-refractivity contribution in [3.8, 4) is 6.07 Å². The van der Waals surface area contributed by atoms with Crippen molar-refractivity contribution < 1.29 is 18.0 Å². The molecule has 8 nitrogen and oxygen atoms in total. The van der Waals surface area contributed by atoms with E-state index in [2.05, 4.69) is 9.71 Å². The largest absolute Gasteiger partial charge is 0.351 e. The Hall–Kier alpha value is -2.31. The van der Waals surface area contributed by atoms with Gasteiger partial charge in [0.2, 0.25) is 15.9 Å². The van der Waals surface area contributed by atoms with Crippen LogP contribution in [0.4, 0.5) is 4.79 Å². The molecule has 3 aliphatic rings. The lowest BCUT2D eigenvalue weighted by Gasteiger charge is -2.27. The highest BCUT2D eigenvalue weighted by atomic mass is 32.2. The molecule has 1 N–H and O–H groups in total. The molecule has 9 heteroatoms. The molecule has 3 rings (SSSR count). The van der Waals surface area contributed by atoms with Crippen LogP contribution in [0, 0.1) is 17.2 Å². The summed E-state index contributed by atoms with van der Waals surface area (Å²) in [4.78, 5) is 28.4. The topological polar surface area (TPSA) is 120 Å². The maximum atomic E-state index is 12.4. The Morgan fingerprint density at radius 3 is 2.74 bits per heavy atom. The van der Waals surface area contributed by atoms with Crippen molar-refractivity contribution in [3.05, 3.63) is 23.1 Å². The average Bonchev–Trinajstić information content (AvgIpc) is 3.19. The van der Waals surface area contributed by atoms with Gasteiger partial charge in [-0.05, 0) is 38.0 Å². The van der Waals surface area contributed by atoms with Gasteiger partial charge >= 0.3 is 6.03 Å². The third-order valence-electron chi connectivity index (χ3n) is 3.98. The van der Waals surface area contributed by atoms with Gasteiger partial charge in [0.05, 0.1) is 16.7 Å². The Balaban J connectivity index is 1.92.